The second-order valence-corrected chi connectivity index (χ2v) is 13.7. The SMILES string of the molecule is C=C(C)CC(C)(C)CCC(C)(C)/C=C/CC(S)C(S)C(C)(C)CCC(C)(C)C. The van der Waals surface area contributed by atoms with Crippen LogP contribution >= 0.6 is 25.3 Å². The van der Waals surface area contributed by atoms with Gasteiger partial charge in [0.15, 0.2) is 0 Å². The van der Waals surface area contributed by atoms with Crippen molar-refractivity contribution in [3.8, 4) is 0 Å². The van der Waals surface area contributed by atoms with Crippen molar-refractivity contribution in [1.29, 1.82) is 0 Å². The van der Waals surface area contributed by atoms with Gasteiger partial charge >= 0.3 is 0 Å². The van der Waals surface area contributed by atoms with Gasteiger partial charge < -0.3 is 0 Å². The topological polar surface area (TPSA) is 0 Å². The Balaban J connectivity index is 4.66. The molecular weight excluding hydrogens is 376 g/mol. The molecule has 2 unspecified atom stereocenters. The Hall–Kier alpha value is 0.180. The Labute approximate surface area is 189 Å². The van der Waals surface area contributed by atoms with Gasteiger partial charge in [-0.1, -0.05) is 80.0 Å². The smallest absolute Gasteiger partial charge is 0.0187 e. The molecule has 0 aromatic carbocycles. The van der Waals surface area contributed by atoms with Gasteiger partial charge in [0.25, 0.3) is 0 Å². The van der Waals surface area contributed by atoms with E-state index in [0.717, 1.165) is 12.8 Å². The lowest BCUT2D eigenvalue weighted by molar-refractivity contribution is 0.247. The maximum Gasteiger partial charge on any atom is 0.0187 e. The first kappa shape index (κ1) is 28.2. The van der Waals surface area contributed by atoms with Gasteiger partial charge in [-0.25, -0.2) is 0 Å². The molecular formula is C26H50S2. The molecule has 166 valence electrons. The fourth-order valence-corrected chi connectivity index (χ4v) is 4.45. The van der Waals surface area contributed by atoms with Crippen LogP contribution in [-0.2, 0) is 0 Å². The minimum atomic E-state index is 0.193. The molecule has 0 radical (unpaired) electrons. The molecule has 0 aliphatic heterocycles. The van der Waals surface area contributed by atoms with Crippen LogP contribution < -0.4 is 0 Å². The van der Waals surface area contributed by atoms with E-state index in [1.54, 1.807) is 0 Å². The summed E-state index contributed by atoms with van der Waals surface area (Å²) < 4.78 is 0. The van der Waals surface area contributed by atoms with Crippen molar-refractivity contribution in [1.82, 2.24) is 0 Å². The van der Waals surface area contributed by atoms with Crippen LogP contribution in [-0.4, -0.2) is 10.5 Å². The molecule has 2 atom stereocenters. The molecule has 0 fully saturated rings. The molecule has 0 bridgehead atoms. The zero-order valence-electron chi connectivity index (χ0n) is 20.7. The summed E-state index contributed by atoms with van der Waals surface area (Å²) in [5.41, 5.74) is 2.40. The van der Waals surface area contributed by atoms with Gasteiger partial charge in [0.05, 0.1) is 0 Å². The molecule has 0 nitrogen and oxygen atoms in total. The summed E-state index contributed by atoms with van der Waals surface area (Å²) in [6, 6.07) is 0. The summed E-state index contributed by atoms with van der Waals surface area (Å²) in [5.74, 6) is 0. The summed E-state index contributed by atoms with van der Waals surface area (Å²) >= 11 is 9.88. The average molecular weight is 427 g/mol. The van der Waals surface area contributed by atoms with Crippen molar-refractivity contribution in [2.45, 2.75) is 118 Å². The van der Waals surface area contributed by atoms with Crippen molar-refractivity contribution in [3.63, 3.8) is 0 Å². The second kappa shape index (κ2) is 11.0. The zero-order valence-corrected chi connectivity index (χ0v) is 22.4. The first-order valence-corrected chi connectivity index (χ1v) is 12.1. The highest BCUT2D eigenvalue weighted by molar-refractivity contribution is 7.85. The number of allylic oxidation sites excluding steroid dienone is 3. The minimum absolute atomic E-state index is 0.193. The lowest BCUT2D eigenvalue weighted by atomic mass is 9.75. The highest BCUT2D eigenvalue weighted by Crippen LogP contribution is 2.39. The molecule has 0 saturated carbocycles. The molecule has 2 heteroatoms. The van der Waals surface area contributed by atoms with Crippen LogP contribution in [0.25, 0.3) is 0 Å². The van der Waals surface area contributed by atoms with Crippen molar-refractivity contribution >= 4 is 25.3 Å². The van der Waals surface area contributed by atoms with Crippen molar-refractivity contribution in [3.05, 3.63) is 24.3 Å². The third kappa shape index (κ3) is 12.7. The summed E-state index contributed by atoms with van der Waals surface area (Å²) in [4.78, 5) is 0. The van der Waals surface area contributed by atoms with Crippen LogP contribution in [0, 0.1) is 21.7 Å². The van der Waals surface area contributed by atoms with Gasteiger partial charge in [-0.2, -0.15) is 25.3 Å². The van der Waals surface area contributed by atoms with Gasteiger partial charge in [0.1, 0.15) is 0 Å². The summed E-state index contributed by atoms with van der Waals surface area (Å²) in [6.45, 7) is 27.3. The van der Waals surface area contributed by atoms with Gasteiger partial charge in [0.2, 0.25) is 0 Å². The second-order valence-electron chi connectivity index (χ2n) is 12.5. The highest BCUT2D eigenvalue weighted by atomic mass is 32.1. The average Bonchev–Trinajstić information content (AvgIpc) is 2.48. The van der Waals surface area contributed by atoms with E-state index in [1.165, 1.54) is 31.3 Å². The Morgan fingerprint density at radius 2 is 1.39 bits per heavy atom. The third-order valence-electron chi connectivity index (χ3n) is 5.86. The van der Waals surface area contributed by atoms with E-state index >= 15 is 0 Å². The number of hydrogen-bond donors (Lipinski definition) is 2. The Morgan fingerprint density at radius 1 is 0.857 bits per heavy atom. The van der Waals surface area contributed by atoms with E-state index in [0.29, 0.717) is 16.1 Å². The standard InChI is InChI=1S/C26H50S2/c1-20(2)19-25(8,9)17-16-24(6,7)14-12-13-21(27)22(28)26(10,11)18-15-23(3,4)5/h12,14,21-22,27-28H,1,13,15-19H2,2-11H3/b14-12+. The normalized spacial score (nSPS) is 16.4. The monoisotopic (exact) mass is 426 g/mol. The van der Waals surface area contributed by atoms with Gasteiger partial charge in [-0.3, -0.25) is 0 Å². The summed E-state index contributed by atoms with van der Waals surface area (Å²) in [7, 11) is 0. The van der Waals surface area contributed by atoms with Crippen LogP contribution in [0.15, 0.2) is 24.3 Å². The van der Waals surface area contributed by atoms with Gasteiger partial charge in [0, 0.05) is 10.5 Å². The number of thiol groups is 2. The predicted octanol–water partition coefficient (Wildman–Crippen LogP) is 9.18. The number of rotatable bonds is 12. The summed E-state index contributed by atoms with van der Waals surface area (Å²) in [6.07, 6.45) is 11.7. The first-order chi connectivity index (χ1) is 12.4. The minimum Gasteiger partial charge on any atom is -0.174 e. The molecule has 28 heavy (non-hydrogen) atoms. The lowest BCUT2D eigenvalue weighted by Gasteiger charge is -2.36. The third-order valence-corrected chi connectivity index (χ3v) is 7.66. The maximum atomic E-state index is 4.97. The van der Waals surface area contributed by atoms with E-state index in [-0.39, 0.29) is 16.1 Å². The molecule has 0 aromatic heterocycles. The lowest BCUT2D eigenvalue weighted by Crippen LogP contribution is -2.33. The summed E-state index contributed by atoms with van der Waals surface area (Å²) in [5, 5.41) is 0.575. The molecule has 0 spiro atoms. The number of hydrogen-bond acceptors (Lipinski definition) is 2. The van der Waals surface area contributed by atoms with Crippen molar-refractivity contribution in [2.75, 3.05) is 0 Å². The van der Waals surface area contributed by atoms with Crippen LogP contribution in [0.4, 0.5) is 0 Å². The molecule has 0 N–H and O–H groups in total. The van der Waals surface area contributed by atoms with Crippen LogP contribution in [0.5, 0.6) is 0 Å². The van der Waals surface area contributed by atoms with E-state index < -0.39 is 0 Å². The fraction of sp³-hybridized carbons (Fsp3) is 0.846. The van der Waals surface area contributed by atoms with E-state index in [9.17, 15) is 0 Å². The molecule has 0 rings (SSSR count). The fourth-order valence-electron chi connectivity index (χ4n) is 3.67. The van der Waals surface area contributed by atoms with Crippen LogP contribution in [0.1, 0.15) is 108 Å². The van der Waals surface area contributed by atoms with E-state index in [4.69, 9.17) is 25.3 Å². The molecule has 0 saturated heterocycles. The van der Waals surface area contributed by atoms with Gasteiger partial charge in [-0.15, -0.1) is 6.58 Å². The van der Waals surface area contributed by atoms with Crippen molar-refractivity contribution < 1.29 is 0 Å². The van der Waals surface area contributed by atoms with E-state index in [2.05, 4.69) is 88.0 Å². The van der Waals surface area contributed by atoms with Crippen LogP contribution in [0.3, 0.4) is 0 Å². The molecule has 0 aromatic rings. The highest BCUT2D eigenvalue weighted by Gasteiger charge is 2.32. The van der Waals surface area contributed by atoms with E-state index in [1.807, 2.05) is 0 Å². The zero-order chi connectivity index (χ0) is 22.4. The maximum absolute atomic E-state index is 4.97. The molecule has 0 heterocycles. The van der Waals surface area contributed by atoms with Crippen molar-refractivity contribution in [2.24, 2.45) is 21.7 Å². The largest absolute Gasteiger partial charge is 0.174 e. The predicted molar refractivity (Wildman–Crippen MR) is 138 cm³/mol. The van der Waals surface area contributed by atoms with Crippen LogP contribution in [0.2, 0.25) is 0 Å². The molecule has 0 aliphatic rings. The molecule has 0 amide bonds. The first-order valence-electron chi connectivity index (χ1n) is 11.1. The Bertz CT molecular complexity index is 503. The van der Waals surface area contributed by atoms with Gasteiger partial charge in [-0.05, 0) is 67.1 Å². The Kier molecular flexibility index (Phi) is 11.1. The quantitative estimate of drug-likeness (QED) is 0.225. The Morgan fingerprint density at radius 3 is 1.86 bits per heavy atom. The molecule has 0 aliphatic carbocycles.